The van der Waals surface area contributed by atoms with E-state index >= 15 is 0 Å². The predicted molar refractivity (Wildman–Crippen MR) is 112 cm³/mol. The summed E-state index contributed by atoms with van der Waals surface area (Å²) in [4.78, 5) is 44.3. The second-order valence-corrected chi connectivity index (χ2v) is 7.52. The molecule has 2 aromatic heterocycles. The van der Waals surface area contributed by atoms with Crippen molar-refractivity contribution < 1.29 is 33.0 Å². The maximum atomic E-state index is 13.2. The van der Waals surface area contributed by atoms with E-state index in [9.17, 15) is 27.9 Å². The van der Waals surface area contributed by atoms with Gasteiger partial charge in [-0.05, 0) is 29.3 Å². The van der Waals surface area contributed by atoms with E-state index in [4.69, 9.17) is 9.90 Å². The quantitative estimate of drug-likeness (QED) is 0.544. The summed E-state index contributed by atoms with van der Waals surface area (Å²) in [6.45, 7) is 6.38. The molecule has 1 fully saturated rings. The largest absolute Gasteiger partial charge is 0.490 e. The fraction of sp³-hybridized carbons (Fsp3) is 0.500. The normalized spacial score (nSPS) is 14.1. The van der Waals surface area contributed by atoms with Crippen LogP contribution in [0.2, 0.25) is 0 Å². The third kappa shape index (κ3) is 5.73. The zero-order valence-electron chi connectivity index (χ0n) is 17.2. The number of carbonyl (C=O) groups is 2. The molecule has 0 unspecified atom stereocenters. The lowest BCUT2D eigenvalue weighted by Crippen LogP contribution is -2.46. The summed E-state index contributed by atoms with van der Waals surface area (Å²) in [5.74, 6) is -3.74. The van der Waals surface area contributed by atoms with Crippen LogP contribution in [0.3, 0.4) is 0 Å². The van der Waals surface area contributed by atoms with Gasteiger partial charge in [-0.25, -0.2) is 14.8 Å². The Balaban J connectivity index is 0.000000451. The standard InChI is InChI=1S/C16H20BrN5O3.C2HF3O2/c1-3-10-13(21-6-4-18-5-7-21)14(25)12-16(22(10)8-11(23)24)19-9(2)15(17)20-12;3-2(4,5)1(6)7/h18H,3-8H2,1-2H3,(H,23,24);(H,6,7). The molecule has 176 valence electrons. The molecule has 1 saturated heterocycles. The minimum atomic E-state index is -5.08. The minimum Gasteiger partial charge on any atom is -0.480 e. The molecule has 0 spiro atoms. The Morgan fingerprint density at radius 3 is 2.22 bits per heavy atom. The van der Waals surface area contributed by atoms with Gasteiger partial charge in [-0.15, -0.1) is 0 Å². The molecule has 0 aliphatic carbocycles. The Morgan fingerprint density at radius 2 is 1.75 bits per heavy atom. The summed E-state index contributed by atoms with van der Waals surface area (Å²) < 4.78 is 33.8. The van der Waals surface area contributed by atoms with Gasteiger partial charge in [0.15, 0.2) is 11.2 Å². The van der Waals surface area contributed by atoms with Crippen LogP contribution in [-0.2, 0) is 22.6 Å². The number of aliphatic carboxylic acids is 2. The number of carboxylic acids is 2. The second-order valence-electron chi connectivity index (χ2n) is 6.77. The monoisotopic (exact) mass is 523 g/mol. The van der Waals surface area contributed by atoms with Crippen LogP contribution in [0.5, 0.6) is 0 Å². The molecular formula is C18H21BrF3N5O5. The number of nitrogens with one attached hydrogen (secondary N) is 1. The maximum Gasteiger partial charge on any atom is 0.490 e. The van der Waals surface area contributed by atoms with Gasteiger partial charge < -0.3 is 25.0 Å². The number of halogens is 4. The van der Waals surface area contributed by atoms with E-state index in [1.165, 1.54) is 0 Å². The van der Waals surface area contributed by atoms with Crippen molar-refractivity contribution in [3.63, 3.8) is 0 Å². The number of carboxylic acid groups (broad SMARTS) is 2. The van der Waals surface area contributed by atoms with E-state index in [1.807, 2.05) is 11.8 Å². The molecule has 0 aromatic carbocycles. The predicted octanol–water partition coefficient (Wildman–Crippen LogP) is 1.55. The molecule has 14 heteroatoms. The average molecular weight is 524 g/mol. The van der Waals surface area contributed by atoms with E-state index < -0.39 is 18.1 Å². The molecule has 0 bridgehead atoms. The summed E-state index contributed by atoms with van der Waals surface area (Å²) in [5.41, 5.74) is 2.18. The molecular weight excluding hydrogens is 503 g/mol. The van der Waals surface area contributed by atoms with Crippen molar-refractivity contribution in [1.29, 1.82) is 0 Å². The second kappa shape index (κ2) is 10.3. The van der Waals surface area contributed by atoms with E-state index in [0.717, 1.165) is 13.1 Å². The zero-order valence-corrected chi connectivity index (χ0v) is 18.7. The van der Waals surface area contributed by atoms with Crippen molar-refractivity contribution in [2.24, 2.45) is 0 Å². The first kappa shape index (κ1) is 25.5. The van der Waals surface area contributed by atoms with E-state index in [2.05, 4.69) is 31.2 Å². The van der Waals surface area contributed by atoms with Crippen molar-refractivity contribution in [1.82, 2.24) is 19.9 Å². The average Bonchev–Trinajstić information content (AvgIpc) is 2.71. The summed E-state index contributed by atoms with van der Waals surface area (Å²) in [6.07, 6.45) is -4.55. The van der Waals surface area contributed by atoms with Gasteiger partial charge in [0.25, 0.3) is 0 Å². The Morgan fingerprint density at radius 1 is 1.19 bits per heavy atom. The number of aryl methyl sites for hydroxylation is 1. The van der Waals surface area contributed by atoms with Crippen molar-refractivity contribution >= 4 is 44.7 Å². The fourth-order valence-electron chi connectivity index (χ4n) is 3.20. The first-order valence-electron chi connectivity index (χ1n) is 9.45. The molecule has 2 aromatic rings. The minimum absolute atomic E-state index is 0.191. The van der Waals surface area contributed by atoms with Crippen molar-refractivity contribution in [3.8, 4) is 0 Å². The zero-order chi connectivity index (χ0) is 24.2. The highest BCUT2D eigenvalue weighted by Gasteiger charge is 2.38. The van der Waals surface area contributed by atoms with Gasteiger partial charge in [0.05, 0.1) is 5.69 Å². The molecule has 3 rings (SSSR count). The molecule has 3 heterocycles. The van der Waals surface area contributed by atoms with Gasteiger partial charge in [-0.1, -0.05) is 6.92 Å². The molecule has 10 nitrogen and oxygen atoms in total. The van der Waals surface area contributed by atoms with Crippen LogP contribution in [0.25, 0.3) is 11.2 Å². The Hall–Kier alpha value is -2.74. The molecule has 32 heavy (non-hydrogen) atoms. The highest BCUT2D eigenvalue weighted by Crippen LogP contribution is 2.24. The first-order valence-corrected chi connectivity index (χ1v) is 10.2. The summed E-state index contributed by atoms with van der Waals surface area (Å²) in [5, 5.41) is 19.7. The number of hydrogen-bond acceptors (Lipinski definition) is 7. The molecule has 1 aliphatic rings. The van der Waals surface area contributed by atoms with Crippen LogP contribution in [0.1, 0.15) is 18.3 Å². The number of aromatic nitrogens is 3. The highest BCUT2D eigenvalue weighted by atomic mass is 79.9. The number of anilines is 1. The molecule has 0 atom stereocenters. The number of piperazine rings is 1. The van der Waals surface area contributed by atoms with Crippen LogP contribution in [0.15, 0.2) is 9.40 Å². The first-order chi connectivity index (χ1) is 14.9. The number of hydrogen-bond donors (Lipinski definition) is 3. The van der Waals surface area contributed by atoms with Gasteiger partial charge in [0.2, 0.25) is 5.43 Å². The number of pyridine rings is 1. The highest BCUT2D eigenvalue weighted by molar-refractivity contribution is 9.10. The lowest BCUT2D eigenvalue weighted by atomic mass is 10.1. The molecule has 1 aliphatic heterocycles. The van der Waals surface area contributed by atoms with Gasteiger partial charge in [-0.3, -0.25) is 9.59 Å². The lowest BCUT2D eigenvalue weighted by Gasteiger charge is -2.31. The van der Waals surface area contributed by atoms with Crippen LogP contribution in [0, 0.1) is 6.92 Å². The van der Waals surface area contributed by atoms with Crippen LogP contribution >= 0.6 is 15.9 Å². The van der Waals surface area contributed by atoms with Crippen molar-refractivity contribution in [2.45, 2.75) is 33.0 Å². The third-order valence-electron chi connectivity index (χ3n) is 4.58. The Kier molecular flexibility index (Phi) is 8.18. The molecule has 0 radical (unpaired) electrons. The summed E-state index contributed by atoms with van der Waals surface area (Å²) in [6, 6.07) is 0. The molecule has 0 amide bonds. The van der Waals surface area contributed by atoms with Gasteiger partial charge in [0, 0.05) is 31.9 Å². The number of fused-ring (bicyclic) bond motifs is 1. The Bertz CT molecular complexity index is 1080. The SMILES string of the molecule is CCc1c(N2CCNCC2)c(=O)c2nc(Br)c(C)nc2n1CC(=O)O.O=C(O)C(F)(F)F. The lowest BCUT2D eigenvalue weighted by molar-refractivity contribution is -0.192. The van der Waals surface area contributed by atoms with Crippen LogP contribution in [0.4, 0.5) is 18.9 Å². The number of rotatable bonds is 4. The van der Waals surface area contributed by atoms with E-state index in [-0.39, 0.29) is 17.5 Å². The van der Waals surface area contributed by atoms with Crippen molar-refractivity contribution in [3.05, 3.63) is 26.2 Å². The van der Waals surface area contributed by atoms with E-state index in [1.54, 1.807) is 11.5 Å². The summed E-state index contributed by atoms with van der Waals surface area (Å²) >= 11 is 3.32. The number of alkyl halides is 3. The molecule has 3 N–H and O–H groups in total. The molecule has 0 saturated carbocycles. The van der Waals surface area contributed by atoms with Crippen LogP contribution in [-0.4, -0.2) is 69.0 Å². The van der Waals surface area contributed by atoms with Crippen LogP contribution < -0.4 is 15.6 Å². The number of nitrogens with zero attached hydrogens (tertiary/aromatic N) is 4. The van der Waals surface area contributed by atoms with Gasteiger partial charge in [0.1, 0.15) is 16.8 Å². The maximum absolute atomic E-state index is 13.2. The fourth-order valence-corrected chi connectivity index (χ4v) is 3.47. The van der Waals surface area contributed by atoms with E-state index in [0.29, 0.717) is 46.8 Å². The third-order valence-corrected chi connectivity index (χ3v) is 5.33. The Labute approximate surface area is 188 Å². The van der Waals surface area contributed by atoms with Crippen molar-refractivity contribution in [2.75, 3.05) is 31.1 Å². The topological polar surface area (TPSA) is 138 Å². The smallest absolute Gasteiger partial charge is 0.480 e. The van der Waals surface area contributed by atoms with Gasteiger partial charge in [-0.2, -0.15) is 13.2 Å². The van der Waals surface area contributed by atoms with Gasteiger partial charge >= 0.3 is 18.1 Å². The summed E-state index contributed by atoms with van der Waals surface area (Å²) in [7, 11) is 0.